The average molecular weight is 713 g/mol. The molecule has 282 valence electrons. The predicted octanol–water partition coefficient (Wildman–Crippen LogP) is -1.22. The smallest absolute Gasteiger partial charge is 0.331 e. The Kier molecular flexibility index (Phi) is 9.71. The van der Waals surface area contributed by atoms with Gasteiger partial charge in [-0.2, -0.15) is 0 Å². The molecule has 2 saturated heterocycles. The third-order valence-corrected chi connectivity index (χ3v) is 14.0. The first-order valence-electron chi connectivity index (χ1n) is 18.1. The van der Waals surface area contributed by atoms with Crippen LogP contribution in [0.4, 0.5) is 0 Å². The molecule has 3 aliphatic heterocycles. The predicted molar refractivity (Wildman–Crippen MR) is 167 cm³/mol. The Bertz CT molecular complexity index is 1340. The number of aliphatic hydroxyl groups excluding tert-OH is 7. The Labute approximate surface area is 290 Å². The van der Waals surface area contributed by atoms with Gasteiger partial charge >= 0.3 is 11.9 Å². The molecule has 8 N–H and O–H groups in total. The van der Waals surface area contributed by atoms with Gasteiger partial charge in [-0.25, -0.2) is 4.79 Å². The minimum atomic E-state index is -1.78. The fourth-order valence-corrected chi connectivity index (χ4v) is 11.2. The topological polar surface area (TPSA) is 242 Å². The van der Waals surface area contributed by atoms with Crippen LogP contribution in [0.3, 0.4) is 0 Å². The van der Waals surface area contributed by atoms with Gasteiger partial charge in [-0.05, 0) is 94.0 Å². The van der Waals surface area contributed by atoms with Crippen LogP contribution in [-0.2, 0) is 33.3 Å². The first-order chi connectivity index (χ1) is 23.7. The molecule has 6 fully saturated rings. The fraction of sp³-hybridized carbons (Fsp3) is 0.886. The molecule has 18 atom stereocenters. The molecule has 0 unspecified atom stereocenters. The van der Waals surface area contributed by atoms with Crippen molar-refractivity contribution in [3.8, 4) is 0 Å². The van der Waals surface area contributed by atoms with E-state index in [-0.39, 0.29) is 42.7 Å². The Balaban J connectivity index is 1.18. The second-order valence-corrected chi connectivity index (χ2v) is 16.1. The highest BCUT2D eigenvalue weighted by atomic mass is 16.7. The molecule has 0 aromatic carbocycles. The number of fused-ring (bicyclic) bond motifs is 5. The zero-order valence-electron chi connectivity index (χ0n) is 28.5. The fourth-order valence-electron chi connectivity index (χ4n) is 11.2. The molecular formula is C35H52O15. The zero-order valence-corrected chi connectivity index (χ0v) is 28.5. The number of carbonyl (C=O) groups is 2. The van der Waals surface area contributed by atoms with Gasteiger partial charge in [0.15, 0.2) is 6.29 Å². The molecule has 50 heavy (non-hydrogen) atoms. The number of aliphatic hydroxyl groups is 8. The summed E-state index contributed by atoms with van der Waals surface area (Å²) in [4.78, 5) is 26.7. The van der Waals surface area contributed by atoms with Crippen molar-refractivity contribution in [1.29, 1.82) is 0 Å². The van der Waals surface area contributed by atoms with E-state index in [4.69, 9.17) is 23.7 Å². The SMILES string of the molecule is C[C@@H]1O[C@H](O[C@H]2CC[C@@]3(C(=O)O[C@@H]4O[C@H](CO)[C@@H](O)[C@H](O)[C@H]4O)[C@H](CC[C@@H]4[C@@H]3CC[C@]3(C)[C@@H](C5=CC(=O)OC5)CC[C@]43O)C2)[C@H](O)[C@H](O)[C@H]1O. The van der Waals surface area contributed by atoms with Crippen LogP contribution in [0.2, 0.25) is 0 Å². The number of hydrogen-bond acceptors (Lipinski definition) is 15. The van der Waals surface area contributed by atoms with E-state index in [9.17, 15) is 50.4 Å². The van der Waals surface area contributed by atoms with Gasteiger partial charge in [0.2, 0.25) is 6.29 Å². The first-order valence-corrected chi connectivity index (χ1v) is 18.1. The third kappa shape index (κ3) is 5.49. The van der Waals surface area contributed by atoms with E-state index in [1.54, 1.807) is 13.0 Å². The minimum Gasteiger partial charge on any atom is -0.458 e. The molecule has 4 aliphatic carbocycles. The Morgan fingerprint density at radius 3 is 2.28 bits per heavy atom. The number of esters is 2. The molecular weight excluding hydrogens is 660 g/mol. The van der Waals surface area contributed by atoms with E-state index in [0.717, 1.165) is 5.57 Å². The Morgan fingerprint density at radius 2 is 1.58 bits per heavy atom. The minimum absolute atomic E-state index is 0.0584. The van der Waals surface area contributed by atoms with Gasteiger partial charge < -0.3 is 64.5 Å². The van der Waals surface area contributed by atoms with E-state index in [1.165, 1.54) is 0 Å². The maximum atomic E-state index is 14.7. The summed E-state index contributed by atoms with van der Waals surface area (Å²) < 4.78 is 28.7. The summed E-state index contributed by atoms with van der Waals surface area (Å²) in [6.45, 7) is 3.16. The lowest BCUT2D eigenvalue weighted by Gasteiger charge is -2.63. The van der Waals surface area contributed by atoms with Crippen LogP contribution in [0.5, 0.6) is 0 Å². The standard InChI is InChI=1S/C35H52O15/c1-15-24(38)26(40)28(42)30(47-15)48-18-5-9-34(32(44)50-31-29(43)27(41)25(39)22(13-36)49-31)17(12-18)3-4-21-20(34)6-8-33(2)19(7-10-35(21,33)45)16-11-23(37)46-14-16/h11,15,17-22,24-31,36,38-43,45H,3-10,12-14H2,1-2H3/t15-,17+,18-,19+,20-,21+,22+,24-,25+,26+,27-,28+,29+,30+,31-,33+,34+,35-/m0/s1. The normalized spacial score (nSPS) is 53.4. The zero-order chi connectivity index (χ0) is 35.9. The lowest BCUT2D eigenvalue weighted by molar-refractivity contribution is -0.313. The van der Waals surface area contributed by atoms with Gasteiger partial charge in [0, 0.05) is 11.5 Å². The summed E-state index contributed by atoms with van der Waals surface area (Å²) in [5, 5.41) is 85.2. The largest absolute Gasteiger partial charge is 0.458 e. The number of hydrogen-bond donors (Lipinski definition) is 8. The van der Waals surface area contributed by atoms with Crippen LogP contribution >= 0.6 is 0 Å². The monoisotopic (exact) mass is 712 g/mol. The van der Waals surface area contributed by atoms with E-state index in [2.05, 4.69) is 6.92 Å². The van der Waals surface area contributed by atoms with Crippen LogP contribution in [0.25, 0.3) is 0 Å². The second kappa shape index (κ2) is 13.3. The molecule has 0 amide bonds. The first kappa shape index (κ1) is 36.6. The second-order valence-electron chi connectivity index (χ2n) is 16.1. The Hall–Kier alpha value is -1.76. The van der Waals surface area contributed by atoms with Gasteiger partial charge in [-0.3, -0.25) is 4.79 Å². The van der Waals surface area contributed by atoms with Crippen molar-refractivity contribution in [3.05, 3.63) is 11.6 Å². The number of carbonyl (C=O) groups excluding carboxylic acids is 2. The van der Waals surface area contributed by atoms with Gasteiger partial charge in [-0.15, -0.1) is 0 Å². The summed E-state index contributed by atoms with van der Waals surface area (Å²) in [6.07, 6.45) is -8.89. The van der Waals surface area contributed by atoms with Gasteiger partial charge in [0.1, 0.15) is 49.3 Å². The van der Waals surface area contributed by atoms with Crippen LogP contribution in [0.15, 0.2) is 11.6 Å². The highest BCUT2D eigenvalue weighted by Gasteiger charge is 2.71. The molecule has 15 heteroatoms. The number of rotatable bonds is 6. The van der Waals surface area contributed by atoms with E-state index in [1.807, 2.05) is 0 Å². The van der Waals surface area contributed by atoms with Crippen LogP contribution < -0.4 is 0 Å². The van der Waals surface area contributed by atoms with E-state index in [0.29, 0.717) is 51.4 Å². The molecule has 0 aromatic heterocycles. The lowest BCUT2D eigenvalue weighted by Crippen LogP contribution is -2.66. The quantitative estimate of drug-likeness (QED) is 0.119. The van der Waals surface area contributed by atoms with Crippen molar-refractivity contribution in [3.63, 3.8) is 0 Å². The average Bonchev–Trinajstić information content (AvgIpc) is 3.65. The Morgan fingerprint density at radius 1 is 0.860 bits per heavy atom. The van der Waals surface area contributed by atoms with Gasteiger partial charge in [0.05, 0.1) is 29.8 Å². The van der Waals surface area contributed by atoms with Crippen LogP contribution in [-0.4, -0.2) is 139 Å². The highest BCUT2D eigenvalue weighted by molar-refractivity contribution is 5.85. The third-order valence-electron chi connectivity index (χ3n) is 14.0. The number of ether oxygens (including phenoxy) is 5. The number of cyclic esters (lactones) is 1. The van der Waals surface area contributed by atoms with Crippen molar-refractivity contribution in [2.45, 2.75) is 145 Å². The van der Waals surface area contributed by atoms with Gasteiger partial charge in [-0.1, -0.05) is 6.92 Å². The molecule has 3 heterocycles. The molecule has 7 aliphatic rings. The molecule has 4 saturated carbocycles. The van der Waals surface area contributed by atoms with Crippen LogP contribution in [0.1, 0.15) is 71.6 Å². The summed E-state index contributed by atoms with van der Waals surface area (Å²) in [7, 11) is 0. The summed E-state index contributed by atoms with van der Waals surface area (Å²) >= 11 is 0. The van der Waals surface area contributed by atoms with Crippen molar-refractivity contribution in [1.82, 2.24) is 0 Å². The summed E-state index contributed by atoms with van der Waals surface area (Å²) in [6, 6.07) is 0. The molecule has 7 rings (SSSR count). The molecule has 0 aromatic rings. The highest BCUT2D eigenvalue weighted by Crippen LogP contribution is 2.70. The molecule has 0 bridgehead atoms. The molecule has 0 radical (unpaired) electrons. The maximum absolute atomic E-state index is 14.7. The van der Waals surface area contributed by atoms with Crippen molar-refractivity contribution in [2.24, 2.45) is 34.5 Å². The van der Waals surface area contributed by atoms with Crippen LogP contribution in [0, 0.1) is 34.5 Å². The molecule has 0 spiro atoms. The maximum Gasteiger partial charge on any atom is 0.331 e. The van der Waals surface area contributed by atoms with Crippen molar-refractivity contribution < 1.29 is 74.1 Å². The van der Waals surface area contributed by atoms with Crippen molar-refractivity contribution >= 4 is 11.9 Å². The molecule has 15 nitrogen and oxygen atoms in total. The lowest BCUT2D eigenvalue weighted by atomic mass is 9.42. The van der Waals surface area contributed by atoms with E-state index < -0.39 is 96.5 Å². The van der Waals surface area contributed by atoms with Gasteiger partial charge in [0.25, 0.3) is 0 Å². The van der Waals surface area contributed by atoms with Crippen molar-refractivity contribution in [2.75, 3.05) is 13.2 Å². The summed E-state index contributed by atoms with van der Waals surface area (Å²) in [5.41, 5.74) is -2.01. The summed E-state index contributed by atoms with van der Waals surface area (Å²) in [5.74, 6) is -2.09. The van der Waals surface area contributed by atoms with E-state index >= 15 is 0 Å².